The van der Waals surface area contributed by atoms with Gasteiger partial charge < -0.3 is 19.9 Å². The van der Waals surface area contributed by atoms with Gasteiger partial charge in [0.15, 0.2) is 0 Å². The minimum absolute atomic E-state index is 0.0106. The number of nitrogens with zero attached hydrogens (tertiary/aromatic N) is 3. The van der Waals surface area contributed by atoms with Crippen LogP contribution in [0.1, 0.15) is 33.6 Å². The number of ether oxygens (including phenoxy) is 1. The molecule has 1 aliphatic heterocycles. The summed E-state index contributed by atoms with van der Waals surface area (Å²) in [4.78, 5) is 27.1. The van der Waals surface area contributed by atoms with Crippen molar-refractivity contribution in [1.29, 1.82) is 0 Å². The number of amidine groups is 1. The van der Waals surface area contributed by atoms with Crippen molar-refractivity contribution < 1.29 is 22.7 Å². The topological polar surface area (TPSA) is 108 Å². The molecule has 0 bridgehead atoms. The van der Waals surface area contributed by atoms with Gasteiger partial charge in [-0.15, -0.1) is 4.40 Å². The van der Waals surface area contributed by atoms with Crippen molar-refractivity contribution in [2.24, 2.45) is 4.40 Å². The first-order valence-electron chi connectivity index (χ1n) is 9.26. The van der Waals surface area contributed by atoms with E-state index in [4.69, 9.17) is 4.74 Å². The van der Waals surface area contributed by atoms with Crippen LogP contribution in [0.3, 0.4) is 0 Å². The lowest BCUT2D eigenvalue weighted by molar-refractivity contribution is -0.117. The minimum atomic E-state index is -3.88. The van der Waals surface area contributed by atoms with Crippen molar-refractivity contribution in [2.45, 2.75) is 44.1 Å². The van der Waals surface area contributed by atoms with E-state index in [9.17, 15) is 18.0 Å². The van der Waals surface area contributed by atoms with Gasteiger partial charge in [-0.25, -0.2) is 4.79 Å². The molecular weight excluding hydrogens is 396 g/mol. The van der Waals surface area contributed by atoms with Crippen LogP contribution < -0.4 is 5.32 Å². The molecule has 1 N–H and O–H groups in total. The van der Waals surface area contributed by atoms with Crippen molar-refractivity contribution in [3.05, 3.63) is 24.3 Å². The standard InChI is InChI=1S/C19H28N4O5S/c1-19(2,3)28-18(25)23(5)13-17(24)20-14-8-6-9-15(12-14)29(26,27)21-16-10-7-11-22(16)4/h6,8-9,12H,7,10-11,13H2,1-5H3,(H,20,24)/b21-16-. The van der Waals surface area contributed by atoms with Gasteiger partial charge in [0.05, 0.1) is 4.90 Å². The molecule has 0 saturated carbocycles. The lowest BCUT2D eigenvalue weighted by Crippen LogP contribution is -2.38. The molecule has 0 aromatic heterocycles. The van der Waals surface area contributed by atoms with Gasteiger partial charge in [-0.05, 0) is 45.4 Å². The number of nitrogens with one attached hydrogen (secondary N) is 1. The molecule has 0 spiro atoms. The highest BCUT2D eigenvalue weighted by Gasteiger charge is 2.22. The average Bonchev–Trinajstić information content (AvgIpc) is 2.97. The summed E-state index contributed by atoms with van der Waals surface area (Å²) in [6.07, 6.45) is 0.857. The summed E-state index contributed by atoms with van der Waals surface area (Å²) in [7, 11) is -0.629. The maximum Gasteiger partial charge on any atom is 0.410 e. The number of carbonyl (C=O) groups excluding carboxylic acids is 2. The molecule has 10 heteroatoms. The van der Waals surface area contributed by atoms with Crippen LogP contribution in [0.4, 0.5) is 10.5 Å². The lowest BCUT2D eigenvalue weighted by atomic mass is 10.2. The second kappa shape index (κ2) is 8.81. The van der Waals surface area contributed by atoms with E-state index in [0.29, 0.717) is 17.9 Å². The van der Waals surface area contributed by atoms with Crippen LogP contribution in [0.5, 0.6) is 0 Å². The zero-order valence-corrected chi connectivity index (χ0v) is 18.2. The maximum atomic E-state index is 12.6. The molecule has 0 unspecified atom stereocenters. The third-order valence-electron chi connectivity index (χ3n) is 4.06. The minimum Gasteiger partial charge on any atom is -0.444 e. The Hall–Kier alpha value is -2.62. The zero-order chi connectivity index (χ0) is 21.8. The van der Waals surface area contributed by atoms with Gasteiger partial charge in [-0.1, -0.05) is 6.07 Å². The van der Waals surface area contributed by atoms with E-state index in [-0.39, 0.29) is 11.4 Å². The Labute approximate surface area is 171 Å². The SMILES string of the molecule is CN(CC(=O)Nc1cccc(S(=O)(=O)/N=C2/CCCN2C)c1)C(=O)OC(C)(C)C. The summed E-state index contributed by atoms with van der Waals surface area (Å²) in [5.74, 6) is 0.0492. The smallest absolute Gasteiger partial charge is 0.410 e. The summed E-state index contributed by atoms with van der Waals surface area (Å²) < 4.78 is 34.3. The van der Waals surface area contributed by atoms with E-state index >= 15 is 0 Å². The zero-order valence-electron chi connectivity index (χ0n) is 17.4. The molecular formula is C19H28N4O5S. The first-order chi connectivity index (χ1) is 13.4. The third-order valence-corrected chi connectivity index (χ3v) is 5.36. The number of rotatable bonds is 5. The first kappa shape index (κ1) is 22.7. The molecule has 2 amide bonds. The molecule has 2 rings (SSSR count). The average molecular weight is 425 g/mol. The van der Waals surface area contributed by atoms with E-state index in [1.165, 1.54) is 25.2 Å². The monoisotopic (exact) mass is 424 g/mol. The first-order valence-corrected chi connectivity index (χ1v) is 10.7. The number of anilines is 1. The van der Waals surface area contributed by atoms with Crippen molar-refractivity contribution in [1.82, 2.24) is 9.80 Å². The van der Waals surface area contributed by atoms with Gasteiger partial charge in [0.2, 0.25) is 5.91 Å². The molecule has 1 aliphatic rings. The molecule has 1 heterocycles. The number of likely N-dealkylation sites (tertiary alicyclic amines) is 1. The summed E-state index contributed by atoms with van der Waals surface area (Å²) in [5.41, 5.74) is -0.368. The van der Waals surface area contributed by atoms with Crippen LogP contribution in [0, 0.1) is 0 Å². The fourth-order valence-electron chi connectivity index (χ4n) is 2.66. The van der Waals surface area contributed by atoms with E-state index in [1.54, 1.807) is 33.9 Å². The maximum absolute atomic E-state index is 12.6. The molecule has 0 radical (unpaired) electrons. The predicted molar refractivity (Wildman–Crippen MR) is 110 cm³/mol. The van der Waals surface area contributed by atoms with Gasteiger partial charge in [-0.3, -0.25) is 4.79 Å². The fraction of sp³-hybridized carbons (Fsp3) is 0.526. The number of amides is 2. The normalized spacial score (nSPS) is 16.0. The fourth-order valence-corrected chi connectivity index (χ4v) is 3.80. The van der Waals surface area contributed by atoms with Gasteiger partial charge >= 0.3 is 6.09 Å². The summed E-state index contributed by atoms with van der Waals surface area (Å²) in [5, 5.41) is 2.59. The summed E-state index contributed by atoms with van der Waals surface area (Å²) >= 11 is 0. The summed E-state index contributed by atoms with van der Waals surface area (Å²) in [6, 6.07) is 5.87. The number of likely N-dealkylation sites (N-methyl/N-ethyl adjacent to an activating group) is 1. The van der Waals surface area contributed by atoms with E-state index in [0.717, 1.165) is 17.9 Å². The second-order valence-electron chi connectivity index (χ2n) is 7.92. The highest BCUT2D eigenvalue weighted by atomic mass is 32.2. The third kappa shape index (κ3) is 6.74. The van der Waals surface area contributed by atoms with Crippen LogP contribution in [0.25, 0.3) is 0 Å². The Kier molecular flexibility index (Phi) is 6.89. The molecule has 160 valence electrons. The van der Waals surface area contributed by atoms with Crippen LogP contribution in [-0.2, 0) is 19.6 Å². The van der Waals surface area contributed by atoms with Crippen molar-refractivity contribution in [3.8, 4) is 0 Å². The Morgan fingerprint density at radius 2 is 2.00 bits per heavy atom. The van der Waals surface area contributed by atoms with Crippen LogP contribution in [-0.4, -0.2) is 68.8 Å². The number of carbonyl (C=O) groups is 2. The largest absolute Gasteiger partial charge is 0.444 e. The quantitative estimate of drug-likeness (QED) is 0.777. The molecule has 0 aliphatic carbocycles. The highest BCUT2D eigenvalue weighted by molar-refractivity contribution is 7.90. The van der Waals surface area contributed by atoms with Crippen LogP contribution >= 0.6 is 0 Å². The summed E-state index contributed by atoms with van der Waals surface area (Å²) in [6.45, 7) is 5.74. The van der Waals surface area contributed by atoms with Crippen molar-refractivity contribution >= 4 is 33.5 Å². The van der Waals surface area contributed by atoms with Gasteiger partial charge in [0.25, 0.3) is 10.0 Å². The van der Waals surface area contributed by atoms with E-state index < -0.39 is 27.6 Å². The number of hydrogen-bond acceptors (Lipinski definition) is 5. The molecule has 9 nitrogen and oxygen atoms in total. The van der Waals surface area contributed by atoms with Gasteiger partial charge in [0.1, 0.15) is 18.0 Å². The molecule has 1 saturated heterocycles. The Bertz CT molecular complexity index is 905. The second-order valence-corrected chi connectivity index (χ2v) is 9.52. The van der Waals surface area contributed by atoms with Crippen molar-refractivity contribution in [3.63, 3.8) is 0 Å². The predicted octanol–water partition coefficient (Wildman–Crippen LogP) is 2.30. The lowest BCUT2D eigenvalue weighted by Gasteiger charge is -2.24. The molecule has 1 fully saturated rings. The highest BCUT2D eigenvalue weighted by Crippen LogP contribution is 2.20. The Morgan fingerprint density at radius 1 is 1.31 bits per heavy atom. The van der Waals surface area contributed by atoms with Crippen molar-refractivity contribution in [2.75, 3.05) is 32.5 Å². The molecule has 0 atom stereocenters. The molecule has 1 aromatic carbocycles. The molecule has 1 aromatic rings. The Balaban J connectivity index is 2.06. The van der Waals surface area contributed by atoms with Gasteiger partial charge in [0, 0.05) is 32.7 Å². The molecule has 29 heavy (non-hydrogen) atoms. The van der Waals surface area contributed by atoms with E-state index in [1.807, 2.05) is 4.90 Å². The number of hydrogen-bond donors (Lipinski definition) is 1. The number of benzene rings is 1. The van der Waals surface area contributed by atoms with E-state index in [2.05, 4.69) is 9.71 Å². The Morgan fingerprint density at radius 3 is 2.59 bits per heavy atom. The van der Waals surface area contributed by atoms with Crippen LogP contribution in [0.15, 0.2) is 33.6 Å². The van der Waals surface area contributed by atoms with Crippen LogP contribution in [0.2, 0.25) is 0 Å². The number of sulfonamides is 1. The van der Waals surface area contributed by atoms with Gasteiger partial charge in [-0.2, -0.15) is 8.42 Å².